The molecule has 1 aromatic heterocycles. The Morgan fingerprint density at radius 2 is 1.74 bits per heavy atom. The molecule has 2 heterocycles. The lowest BCUT2D eigenvalue weighted by molar-refractivity contribution is -0.126. The zero-order valence-corrected chi connectivity index (χ0v) is 20.2. The number of carbonyl (C=O) groups excluding carboxylic acids is 2. The quantitative estimate of drug-likeness (QED) is 0.437. The zero-order chi connectivity index (χ0) is 24.6. The normalized spacial score (nSPS) is 17.3. The Bertz CT molecular complexity index is 1410. The average Bonchev–Trinajstić information content (AvgIpc) is 3.26. The van der Waals surface area contributed by atoms with Gasteiger partial charge in [0.15, 0.2) is 0 Å². The second-order valence-electron chi connectivity index (χ2n) is 9.10. The highest BCUT2D eigenvalue weighted by atomic mass is 16.5. The fourth-order valence-electron chi connectivity index (χ4n) is 4.95. The van der Waals surface area contributed by atoms with E-state index in [1.54, 1.807) is 12.0 Å². The van der Waals surface area contributed by atoms with E-state index in [4.69, 9.17) is 4.74 Å². The van der Waals surface area contributed by atoms with Crippen molar-refractivity contribution in [1.82, 2.24) is 9.88 Å². The molecule has 35 heavy (non-hydrogen) atoms. The Labute approximate surface area is 205 Å². The number of nitrogens with zero attached hydrogens (tertiary/aromatic N) is 2. The Hall–Kier alpha value is -4.06. The number of aryl methyl sites for hydroxylation is 1. The summed E-state index contributed by atoms with van der Waals surface area (Å²) in [6.45, 7) is 4.58. The van der Waals surface area contributed by atoms with Crippen molar-refractivity contribution in [3.8, 4) is 5.75 Å². The number of anilines is 1. The molecule has 1 N–H and O–H groups in total. The summed E-state index contributed by atoms with van der Waals surface area (Å²) >= 11 is 0. The molecule has 178 valence electrons. The van der Waals surface area contributed by atoms with Gasteiger partial charge in [-0.2, -0.15) is 0 Å². The molecule has 0 fully saturated rings. The highest BCUT2D eigenvalue weighted by molar-refractivity contribution is 6.14. The fraction of sp³-hybridized carbons (Fsp3) is 0.241. The van der Waals surface area contributed by atoms with Crippen LogP contribution in [0.5, 0.6) is 5.75 Å². The van der Waals surface area contributed by atoms with Crippen LogP contribution in [0.3, 0.4) is 0 Å². The Morgan fingerprint density at radius 3 is 2.49 bits per heavy atom. The number of benzene rings is 3. The summed E-state index contributed by atoms with van der Waals surface area (Å²) < 4.78 is 7.41. The van der Waals surface area contributed by atoms with Gasteiger partial charge in [-0.25, -0.2) is 0 Å². The molecule has 0 spiro atoms. The van der Waals surface area contributed by atoms with Crippen molar-refractivity contribution in [3.05, 3.63) is 95.7 Å². The third kappa shape index (κ3) is 3.85. The number of hydrogen-bond donors (Lipinski definition) is 1. The van der Waals surface area contributed by atoms with Crippen LogP contribution in [-0.4, -0.2) is 29.0 Å². The SMILES string of the molecule is CCc1ccc(N2C(=O)c3cc4ccccc4n3CC2(C)C(=O)NCc2ccccc2OC)cc1. The number of hydrogen-bond acceptors (Lipinski definition) is 3. The molecule has 0 radical (unpaired) electrons. The van der Waals surface area contributed by atoms with Gasteiger partial charge in [0.25, 0.3) is 5.91 Å². The number of ether oxygens (including phenoxy) is 1. The highest BCUT2D eigenvalue weighted by Crippen LogP contribution is 2.36. The maximum absolute atomic E-state index is 13.9. The maximum Gasteiger partial charge on any atom is 0.275 e. The number of nitrogens with one attached hydrogen (secondary N) is 1. The molecule has 2 amide bonds. The van der Waals surface area contributed by atoms with Crippen LogP contribution in [-0.2, 0) is 24.3 Å². The van der Waals surface area contributed by atoms with Crippen molar-refractivity contribution in [1.29, 1.82) is 0 Å². The summed E-state index contributed by atoms with van der Waals surface area (Å²) in [5.74, 6) is 0.301. The molecular weight excluding hydrogens is 438 g/mol. The maximum atomic E-state index is 13.9. The molecule has 4 aromatic rings. The number of aromatic nitrogens is 1. The van der Waals surface area contributed by atoms with Gasteiger partial charge in [0.2, 0.25) is 5.91 Å². The van der Waals surface area contributed by atoms with Gasteiger partial charge in [-0.3, -0.25) is 14.5 Å². The van der Waals surface area contributed by atoms with Crippen LogP contribution in [0.1, 0.15) is 35.5 Å². The van der Waals surface area contributed by atoms with Crippen LogP contribution in [0.25, 0.3) is 10.9 Å². The van der Waals surface area contributed by atoms with Gasteiger partial charge in [0, 0.05) is 28.7 Å². The minimum absolute atomic E-state index is 0.188. The van der Waals surface area contributed by atoms with E-state index < -0.39 is 5.54 Å². The number of fused-ring (bicyclic) bond motifs is 3. The monoisotopic (exact) mass is 467 g/mol. The smallest absolute Gasteiger partial charge is 0.275 e. The van der Waals surface area contributed by atoms with Gasteiger partial charge < -0.3 is 14.6 Å². The molecular formula is C29H29N3O3. The predicted octanol–water partition coefficient (Wildman–Crippen LogP) is 4.95. The number of carbonyl (C=O) groups is 2. The van der Waals surface area contributed by atoms with Crippen molar-refractivity contribution >= 4 is 28.4 Å². The first-order valence-electron chi connectivity index (χ1n) is 11.9. The third-order valence-electron chi connectivity index (χ3n) is 6.92. The van der Waals surface area contributed by atoms with Gasteiger partial charge >= 0.3 is 0 Å². The minimum Gasteiger partial charge on any atom is -0.496 e. The Kier molecular flexibility index (Phi) is 5.81. The molecule has 0 saturated heterocycles. The standard InChI is InChI=1S/C29H29N3O3/c1-4-20-13-15-23(16-14-20)32-27(33)25-17-21-9-5-7-11-24(21)31(25)19-29(32,2)28(34)30-18-22-10-6-8-12-26(22)35-3/h5-17H,4,18-19H2,1-3H3,(H,30,34). The van der Waals surface area contributed by atoms with Crippen LogP contribution in [0, 0.1) is 0 Å². The zero-order valence-electron chi connectivity index (χ0n) is 20.2. The number of amides is 2. The molecule has 5 rings (SSSR count). The van der Waals surface area contributed by atoms with Crippen LogP contribution in [0.2, 0.25) is 0 Å². The molecule has 6 nitrogen and oxygen atoms in total. The van der Waals surface area contributed by atoms with Crippen LogP contribution >= 0.6 is 0 Å². The fourth-order valence-corrected chi connectivity index (χ4v) is 4.95. The summed E-state index contributed by atoms with van der Waals surface area (Å²) in [5.41, 5.74) is 3.15. The van der Waals surface area contributed by atoms with Crippen LogP contribution in [0.4, 0.5) is 5.69 Å². The first-order valence-corrected chi connectivity index (χ1v) is 11.9. The van der Waals surface area contributed by atoms with E-state index in [0.717, 1.165) is 22.9 Å². The van der Waals surface area contributed by atoms with Crippen molar-refractivity contribution < 1.29 is 14.3 Å². The molecule has 1 aliphatic heterocycles. The lowest BCUT2D eigenvalue weighted by atomic mass is 9.93. The van der Waals surface area contributed by atoms with Crippen molar-refractivity contribution in [2.75, 3.05) is 12.0 Å². The first kappa shape index (κ1) is 22.7. The molecule has 0 saturated carbocycles. The molecule has 1 atom stereocenters. The second-order valence-corrected chi connectivity index (χ2v) is 9.10. The van der Waals surface area contributed by atoms with Crippen molar-refractivity contribution in [3.63, 3.8) is 0 Å². The number of rotatable bonds is 6. The Morgan fingerprint density at radius 1 is 1.03 bits per heavy atom. The Balaban J connectivity index is 1.56. The van der Waals surface area contributed by atoms with Gasteiger partial charge in [0.05, 0.1) is 13.7 Å². The number of methoxy groups -OCH3 is 1. The number of para-hydroxylation sites is 2. The summed E-state index contributed by atoms with van der Waals surface area (Å²) in [6, 6.07) is 25.3. The average molecular weight is 468 g/mol. The molecule has 0 aliphatic carbocycles. The summed E-state index contributed by atoms with van der Waals surface area (Å²) in [5, 5.41) is 4.05. The van der Waals surface area contributed by atoms with Crippen molar-refractivity contribution in [2.45, 2.75) is 38.9 Å². The van der Waals surface area contributed by atoms with E-state index in [1.165, 1.54) is 5.56 Å². The molecule has 6 heteroatoms. The lowest BCUT2D eigenvalue weighted by Gasteiger charge is -2.44. The van der Waals surface area contributed by atoms with Gasteiger partial charge in [-0.15, -0.1) is 0 Å². The summed E-state index contributed by atoms with van der Waals surface area (Å²) in [7, 11) is 1.61. The van der Waals surface area contributed by atoms with E-state index in [-0.39, 0.29) is 11.8 Å². The largest absolute Gasteiger partial charge is 0.496 e. The molecule has 1 unspecified atom stereocenters. The van der Waals surface area contributed by atoms with E-state index >= 15 is 0 Å². The van der Waals surface area contributed by atoms with Crippen LogP contribution in [0.15, 0.2) is 78.9 Å². The molecule has 1 aliphatic rings. The first-order chi connectivity index (χ1) is 17.0. The van der Waals surface area contributed by atoms with Crippen LogP contribution < -0.4 is 15.0 Å². The van der Waals surface area contributed by atoms with Gasteiger partial charge in [-0.1, -0.05) is 55.5 Å². The summed E-state index contributed by atoms with van der Waals surface area (Å²) in [6.07, 6.45) is 0.902. The van der Waals surface area contributed by atoms with Gasteiger partial charge in [-0.05, 0) is 49.2 Å². The topological polar surface area (TPSA) is 63.6 Å². The van der Waals surface area contributed by atoms with E-state index in [9.17, 15) is 9.59 Å². The lowest BCUT2D eigenvalue weighted by Crippen LogP contribution is -2.64. The summed E-state index contributed by atoms with van der Waals surface area (Å²) in [4.78, 5) is 29.4. The van der Waals surface area contributed by atoms with E-state index in [1.807, 2.05) is 90.4 Å². The predicted molar refractivity (Wildman–Crippen MR) is 138 cm³/mol. The second kappa shape index (κ2) is 8.95. The van der Waals surface area contributed by atoms with E-state index in [2.05, 4.69) is 12.2 Å². The minimum atomic E-state index is -1.14. The van der Waals surface area contributed by atoms with Crippen molar-refractivity contribution in [2.24, 2.45) is 0 Å². The molecule has 3 aromatic carbocycles. The molecule has 0 bridgehead atoms. The van der Waals surface area contributed by atoms with Gasteiger partial charge in [0.1, 0.15) is 17.0 Å². The third-order valence-corrected chi connectivity index (χ3v) is 6.92. The van der Waals surface area contributed by atoms with E-state index in [0.29, 0.717) is 30.2 Å². The highest BCUT2D eigenvalue weighted by Gasteiger charge is 2.48.